The van der Waals surface area contributed by atoms with E-state index in [9.17, 15) is 18.0 Å². The highest BCUT2D eigenvalue weighted by atomic mass is 19.4. The van der Waals surface area contributed by atoms with Crippen LogP contribution < -0.4 is 10.9 Å². The van der Waals surface area contributed by atoms with Crippen molar-refractivity contribution in [1.29, 1.82) is 0 Å². The predicted octanol–water partition coefficient (Wildman–Crippen LogP) is 2.09. The summed E-state index contributed by atoms with van der Waals surface area (Å²) in [5, 5.41) is 15.4. The van der Waals surface area contributed by atoms with E-state index in [1.54, 1.807) is 0 Å². The molecule has 1 fully saturated rings. The summed E-state index contributed by atoms with van der Waals surface area (Å²) in [5.41, 5.74) is 1.55. The van der Waals surface area contributed by atoms with Crippen LogP contribution in [0.4, 0.5) is 13.2 Å². The third kappa shape index (κ3) is 5.66. The monoisotopic (exact) mass is 424 g/mol. The Labute approximate surface area is 168 Å². The summed E-state index contributed by atoms with van der Waals surface area (Å²) >= 11 is 0. The van der Waals surface area contributed by atoms with Gasteiger partial charge in [0.1, 0.15) is 0 Å². The van der Waals surface area contributed by atoms with Gasteiger partial charge in [0.05, 0.1) is 0 Å². The Morgan fingerprint density at radius 2 is 1.93 bits per heavy atom. The molecule has 1 aliphatic rings. The smallest absolute Gasteiger partial charge is 0.475 e. The lowest BCUT2D eigenvalue weighted by molar-refractivity contribution is -0.192. The highest BCUT2D eigenvalue weighted by molar-refractivity contribution is 5.78. The van der Waals surface area contributed by atoms with Crippen LogP contribution >= 0.6 is 0 Å². The number of hydrogen-bond donors (Lipinski definition) is 3. The number of carbonyl (C=O) groups is 1. The van der Waals surface area contributed by atoms with Crippen molar-refractivity contribution in [2.75, 3.05) is 13.1 Å². The van der Waals surface area contributed by atoms with Crippen LogP contribution in [0, 0.1) is 5.92 Å². The normalized spacial score (nSPS) is 14.1. The van der Waals surface area contributed by atoms with E-state index in [1.807, 2.05) is 30.3 Å². The molecule has 0 unspecified atom stereocenters. The second kappa shape index (κ2) is 9.08. The lowest BCUT2D eigenvalue weighted by Crippen LogP contribution is -2.43. The number of halogens is 3. The molecule has 1 aliphatic heterocycles. The summed E-state index contributed by atoms with van der Waals surface area (Å²) in [7, 11) is 0. The van der Waals surface area contributed by atoms with Crippen LogP contribution in [0.3, 0.4) is 0 Å². The summed E-state index contributed by atoms with van der Waals surface area (Å²) in [6.07, 6.45) is -3.06. The van der Waals surface area contributed by atoms with Gasteiger partial charge in [0.25, 0.3) is 5.56 Å². The van der Waals surface area contributed by atoms with E-state index < -0.39 is 12.1 Å². The Morgan fingerprint density at radius 1 is 1.23 bits per heavy atom. The lowest BCUT2D eigenvalue weighted by Gasteiger charge is -2.25. The molecule has 0 radical (unpaired) electrons. The summed E-state index contributed by atoms with van der Waals surface area (Å²) < 4.78 is 37.0. The Balaban J connectivity index is 0.000000318. The van der Waals surface area contributed by atoms with Gasteiger partial charge < -0.3 is 19.9 Å². The highest BCUT2D eigenvalue weighted by Crippen LogP contribution is 2.14. The van der Waals surface area contributed by atoms with Gasteiger partial charge in [-0.2, -0.15) is 18.2 Å². The fraction of sp³-hybridized carbons (Fsp3) is 0.368. The SMILES string of the molecule is O=C(O)C(F)(F)F.O=c1[nH]c2ccccc2cc1CCc1nc(CC2CNC2)no1. The predicted molar refractivity (Wildman–Crippen MR) is 100 cm³/mol. The number of aromatic nitrogens is 3. The Kier molecular flexibility index (Phi) is 6.50. The second-order valence-corrected chi connectivity index (χ2v) is 6.85. The molecule has 0 amide bonds. The molecule has 1 saturated heterocycles. The van der Waals surface area contributed by atoms with Crippen molar-refractivity contribution < 1.29 is 27.6 Å². The van der Waals surface area contributed by atoms with E-state index >= 15 is 0 Å². The number of carboxylic acids is 1. The molecule has 11 heteroatoms. The fourth-order valence-electron chi connectivity index (χ4n) is 2.85. The first-order valence-electron chi connectivity index (χ1n) is 9.15. The van der Waals surface area contributed by atoms with Crippen molar-refractivity contribution in [3.8, 4) is 0 Å². The van der Waals surface area contributed by atoms with Gasteiger partial charge in [-0.1, -0.05) is 23.4 Å². The van der Waals surface area contributed by atoms with Crippen molar-refractivity contribution in [1.82, 2.24) is 20.4 Å². The maximum Gasteiger partial charge on any atom is 0.490 e. The van der Waals surface area contributed by atoms with E-state index in [2.05, 4.69) is 20.4 Å². The molecule has 0 atom stereocenters. The average molecular weight is 424 g/mol. The van der Waals surface area contributed by atoms with Crippen molar-refractivity contribution in [2.45, 2.75) is 25.4 Å². The maximum absolute atomic E-state index is 12.1. The summed E-state index contributed by atoms with van der Waals surface area (Å²) in [6.45, 7) is 2.05. The minimum atomic E-state index is -5.08. The van der Waals surface area contributed by atoms with Gasteiger partial charge in [-0.15, -0.1) is 0 Å². The average Bonchev–Trinajstić information content (AvgIpc) is 3.10. The molecule has 0 aliphatic carbocycles. The third-order valence-electron chi connectivity index (χ3n) is 4.53. The minimum absolute atomic E-state index is 0.0519. The van der Waals surface area contributed by atoms with Crippen LogP contribution in [0.25, 0.3) is 10.9 Å². The summed E-state index contributed by atoms with van der Waals surface area (Å²) in [5.74, 6) is -0.782. The van der Waals surface area contributed by atoms with Crippen molar-refractivity contribution in [3.05, 3.63) is 58.0 Å². The molecule has 160 valence electrons. The largest absolute Gasteiger partial charge is 0.490 e. The number of para-hydroxylation sites is 1. The van der Waals surface area contributed by atoms with Crippen molar-refractivity contribution in [3.63, 3.8) is 0 Å². The Hall–Kier alpha value is -3.21. The molecular formula is C19H19F3N4O4. The molecule has 4 rings (SSSR count). The van der Waals surface area contributed by atoms with Crippen LogP contribution in [0.1, 0.15) is 17.3 Å². The number of rotatable bonds is 5. The zero-order valence-electron chi connectivity index (χ0n) is 15.7. The molecule has 0 bridgehead atoms. The van der Waals surface area contributed by atoms with Crippen molar-refractivity contribution >= 4 is 16.9 Å². The number of benzene rings is 1. The molecule has 0 saturated carbocycles. The van der Waals surface area contributed by atoms with E-state index in [0.29, 0.717) is 24.7 Å². The third-order valence-corrected chi connectivity index (χ3v) is 4.53. The number of carboxylic acid groups (broad SMARTS) is 1. The molecular weight excluding hydrogens is 405 g/mol. The number of fused-ring (bicyclic) bond motifs is 1. The first-order chi connectivity index (χ1) is 14.2. The van der Waals surface area contributed by atoms with Gasteiger partial charge in [0.15, 0.2) is 5.82 Å². The fourth-order valence-corrected chi connectivity index (χ4v) is 2.85. The van der Waals surface area contributed by atoms with E-state index in [-0.39, 0.29) is 5.56 Å². The van der Waals surface area contributed by atoms with Gasteiger partial charge in [0, 0.05) is 23.9 Å². The standard InChI is InChI=1S/C17H18N4O2.C2HF3O2/c22-17-13(8-12-3-1-2-4-14(12)19-17)5-6-16-20-15(21-23-16)7-11-9-18-10-11;3-2(4,5)1(6)7/h1-4,8,11,18H,5-7,9-10H2,(H,19,22);(H,6,7). The molecule has 8 nitrogen and oxygen atoms in total. The number of pyridine rings is 1. The maximum atomic E-state index is 12.1. The van der Waals surface area contributed by atoms with Crippen LogP contribution in [-0.2, 0) is 24.1 Å². The molecule has 30 heavy (non-hydrogen) atoms. The number of aliphatic carboxylic acids is 1. The molecule has 0 spiro atoms. The zero-order chi connectivity index (χ0) is 21.7. The van der Waals surface area contributed by atoms with Crippen molar-refractivity contribution in [2.24, 2.45) is 5.92 Å². The first-order valence-corrected chi connectivity index (χ1v) is 9.15. The van der Waals surface area contributed by atoms with Gasteiger partial charge in [-0.25, -0.2) is 4.79 Å². The number of hydrogen-bond acceptors (Lipinski definition) is 6. The molecule has 3 heterocycles. The Bertz CT molecular complexity index is 1070. The molecule has 1 aromatic carbocycles. The van der Waals surface area contributed by atoms with E-state index in [0.717, 1.165) is 41.8 Å². The van der Waals surface area contributed by atoms with Gasteiger partial charge in [0.2, 0.25) is 5.89 Å². The van der Waals surface area contributed by atoms with E-state index in [4.69, 9.17) is 14.4 Å². The van der Waals surface area contributed by atoms with Gasteiger partial charge in [-0.05, 0) is 42.9 Å². The van der Waals surface area contributed by atoms with E-state index in [1.165, 1.54) is 0 Å². The number of nitrogens with one attached hydrogen (secondary N) is 2. The molecule has 2 aromatic heterocycles. The number of nitrogens with zero attached hydrogens (tertiary/aromatic N) is 2. The number of alkyl halides is 3. The van der Waals surface area contributed by atoms with Crippen LogP contribution in [0.2, 0.25) is 0 Å². The summed E-state index contributed by atoms with van der Waals surface area (Å²) in [4.78, 5) is 28.4. The topological polar surface area (TPSA) is 121 Å². The van der Waals surface area contributed by atoms with Crippen LogP contribution in [0.15, 0.2) is 39.6 Å². The minimum Gasteiger partial charge on any atom is -0.475 e. The lowest BCUT2D eigenvalue weighted by atomic mass is 9.99. The Morgan fingerprint density at radius 3 is 2.57 bits per heavy atom. The summed E-state index contributed by atoms with van der Waals surface area (Å²) in [6, 6.07) is 9.71. The van der Waals surface area contributed by atoms with Gasteiger partial charge >= 0.3 is 12.1 Å². The number of H-pyrrole nitrogens is 1. The molecule has 3 aromatic rings. The zero-order valence-corrected chi connectivity index (χ0v) is 15.7. The quantitative estimate of drug-likeness (QED) is 0.573. The second-order valence-electron chi connectivity index (χ2n) is 6.85. The highest BCUT2D eigenvalue weighted by Gasteiger charge is 2.38. The van der Waals surface area contributed by atoms with Gasteiger partial charge in [-0.3, -0.25) is 4.79 Å². The number of aromatic amines is 1. The van der Waals surface area contributed by atoms with Crippen LogP contribution in [-0.4, -0.2) is 45.5 Å². The first kappa shape index (κ1) is 21.5. The molecule has 3 N–H and O–H groups in total. The van der Waals surface area contributed by atoms with Crippen LogP contribution in [0.5, 0.6) is 0 Å². The number of aryl methyl sites for hydroxylation is 2.